The number of piperidine rings is 3. The predicted molar refractivity (Wildman–Crippen MR) is 92.2 cm³/mol. The van der Waals surface area contributed by atoms with Crippen molar-refractivity contribution in [3.63, 3.8) is 0 Å². The molecule has 2 bridgehead atoms. The second kappa shape index (κ2) is 6.16. The zero-order valence-corrected chi connectivity index (χ0v) is 14.4. The van der Waals surface area contributed by atoms with E-state index in [0.717, 1.165) is 18.8 Å². The van der Waals surface area contributed by atoms with Crippen molar-refractivity contribution in [3.05, 3.63) is 17.7 Å². The van der Waals surface area contributed by atoms with E-state index in [9.17, 15) is 4.79 Å². The van der Waals surface area contributed by atoms with Gasteiger partial charge in [0.05, 0.1) is 24.9 Å². The van der Waals surface area contributed by atoms with Crippen molar-refractivity contribution < 1.29 is 14.3 Å². The van der Waals surface area contributed by atoms with Gasteiger partial charge in [-0.25, -0.2) is 0 Å². The second-order valence-corrected chi connectivity index (χ2v) is 7.01. The van der Waals surface area contributed by atoms with Crippen LogP contribution in [-0.4, -0.2) is 63.8 Å². The quantitative estimate of drug-likeness (QED) is 0.906. The highest BCUT2D eigenvalue weighted by Crippen LogP contribution is 2.38. The van der Waals surface area contributed by atoms with Crippen LogP contribution in [0.25, 0.3) is 0 Å². The van der Waals surface area contributed by atoms with Gasteiger partial charge < -0.3 is 24.6 Å². The summed E-state index contributed by atoms with van der Waals surface area (Å²) in [6.45, 7) is 4.69. The molecule has 1 amide bonds. The average Bonchev–Trinajstić information content (AvgIpc) is 2.62. The molecule has 1 atom stereocenters. The fourth-order valence-corrected chi connectivity index (χ4v) is 4.09. The van der Waals surface area contributed by atoms with Crippen LogP contribution in [0.15, 0.2) is 12.1 Å². The minimum absolute atomic E-state index is 0.0563. The highest BCUT2D eigenvalue weighted by molar-refractivity contribution is 6.00. The van der Waals surface area contributed by atoms with Crippen LogP contribution in [0.2, 0.25) is 0 Å². The number of hydrogen-bond acceptors (Lipinski definition) is 5. The molecule has 0 aliphatic carbocycles. The van der Waals surface area contributed by atoms with E-state index in [1.54, 1.807) is 13.2 Å². The summed E-state index contributed by atoms with van der Waals surface area (Å²) in [6, 6.07) is 3.96. The molecule has 1 aromatic carbocycles. The van der Waals surface area contributed by atoms with E-state index in [1.807, 2.05) is 13.1 Å². The number of benzene rings is 1. The number of carbonyl (C=O) groups is 1. The molecular weight excluding hydrogens is 306 g/mol. The van der Waals surface area contributed by atoms with Crippen LogP contribution < -0.4 is 19.7 Å². The predicted octanol–water partition coefficient (Wildman–Crippen LogP) is 1.35. The molecule has 4 aliphatic heterocycles. The molecule has 3 fully saturated rings. The Labute approximate surface area is 142 Å². The lowest BCUT2D eigenvalue weighted by Gasteiger charge is -2.45. The highest BCUT2D eigenvalue weighted by Gasteiger charge is 2.35. The Hall–Kier alpha value is -1.95. The van der Waals surface area contributed by atoms with Crippen LogP contribution in [0.5, 0.6) is 11.5 Å². The lowest BCUT2D eigenvalue weighted by molar-refractivity contribution is 0.0618. The SMILES string of the molecule is COc1cc(C(=O)NC2CN3CCC2CC3)c2c(c1)N(C)CCO2. The third-order valence-corrected chi connectivity index (χ3v) is 5.58. The monoisotopic (exact) mass is 331 g/mol. The summed E-state index contributed by atoms with van der Waals surface area (Å²) in [6.07, 6.45) is 2.36. The topological polar surface area (TPSA) is 54.0 Å². The number of nitrogens with zero attached hydrogens (tertiary/aromatic N) is 2. The first-order valence-electron chi connectivity index (χ1n) is 8.75. The summed E-state index contributed by atoms with van der Waals surface area (Å²) in [5.41, 5.74) is 1.49. The Balaban J connectivity index is 1.60. The van der Waals surface area contributed by atoms with Crippen molar-refractivity contribution in [2.75, 3.05) is 51.8 Å². The Kier molecular flexibility index (Phi) is 4.00. The number of methoxy groups -OCH3 is 1. The molecule has 3 saturated heterocycles. The van der Waals surface area contributed by atoms with Crippen LogP contribution in [0.1, 0.15) is 23.2 Å². The van der Waals surface area contributed by atoms with E-state index < -0.39 is 0 Å². The molecule has 0 radical (unpaired) electrons. The lowest BCUT2D eigenvalue weighted by atomic mass is 9.84. The summed E-state index contributed by atoms with van der Waals surface area (Å²) in [4.78, 5) is 17.5. The molecule has 4 heterocycles. The molecule has 0 saturated carbocycles. The highest BCUT2D eigenvalue weighted by atomic mass is 16.5. The molecule has 6 heteroatoms. The average molecular weight is 331 g/mol. The number of carbonyl (C=O) groups excluding carboxylic acids is 1. The largest absolute Gasteiger partial charge is 0.497 e. The number of ether oxygens (including phenoxy) is 2. The third kappa shape index (κ3) is 2.69. The second-order valence-electron chi connectivity index (χ2n) is 7.01. The molecule has 0 aromatic heterocycles. The smallest absolute Gasteiger partial charge is 0.255 e. The summed E-state index contributed by atoms with van der Waals surface area (Å²) in [7, 11) is 3.64. The van der Waals surface area contributed by atoms with Gasteiger partial charge >= 0.3 is 0 Å². The van der Waals surface area contributed by atoms with Crippen molar-refractivity contribution in [1.29, 1.82) is 0 Å². The Morgan fingerprint density at radius 2 is 2.08 bits per heavy atom. The number of amides is 1. The molecule has 24 heavy (non-hydrogen) atoms. The van der Waals surface area contributed by atoms with Gasteiger partial charge in [-0.05, 0) is 37.9 Å². The molecule has 1 aromatic rings. The summed E-state index contributed by atoms with van der Waals surface area (Å²) in [5, 5.41) is 3.25. The zero-order chi connectivity index (χ0) is 16.7. The van der Waals surface area contributed by atoms with Gasteiger partial charge in [-0.3, -0.25) is 4.79 Å². The zero-order valence-electron chi connectivity index (χ0n) is 14.4. The molecule has 5 rings (SSSR count). The number of fused-ring (bicyclic) bond motifs is 4. The summed E-state index contributed by atoms with van der Waals surface area (Å²) >= 11 is 0. The van der Waals surface area contributed by atoms with E-state index >= 15 is 0 Å². The third-order valence-electron chi connectivity index (χ3n) is 5.58. The van der Waals surface area contributed by atoms with Gasteiger partial charge in [0.1, 0.15) is 12.4 Å². The first-order valence-corrected chi connectivity index (χ1v) is 8.75. The maximum atomic E-state index is 13.0. The van der Waals surface area contributed by atoms with E-state index in [-0.39, 0.29) is 11.9 Å². The van der Waals surface area contributed by atoms with Gasteiger partial charge in [0.15, 0.2) is 5.75 Å². The number of hydrogen-bond donors (Lipinski definition) is 1. The van der Waals surface area contributed by atoms with E-state index in [4.69, 9.17) is 9.47 Å². The molecule has 0 spiro atoms. The minimum Gasteiger partial charge on any atom is -0.497 e. The van der Waals surface area contributed by atoms with Crippen LogP contribution in [0.3, 0.4) is 0 Å². The van der Waals surface area contributed by atoms with E-state index in [1.165, 1.54) is 25.9 Å². The first-order chi connectivity index (χ1) is 11.7. The Morgan fingerprint density at radius 3 is 2.75 bits per heavy atom. The molecule has 1 unspecified atom stereocenters. The summed E-state index contributed by atoms with van der Waals surface area (Å²) in [5.74, 6) is 1.90. The molecular formula is C18H25N3O3. The maximum Gasteiger partial charge on any atom is 0.255 e. The number of nitrogens with one attached hydrogen (secondary N) is 1. The summed E-state index contributed by atoms with van der Waals surface area (Å²) < 4.78 is 11.2. The number of rotatable bonds is 3. The Morgan fingerprint density at radius 1 is 1.29 bits per heavy atom. The molecule has 1 N–H and O–H groups in total. The van der Waals surface area contributed by atoms with Gasteiger partial charge in [0.2, 0.25) is 0 Å². The minimum atomic E-state index is -0.0563. The lowest BCUT2D eigenvalue weighted by Crippen LogP contribution is -2.57. The van der Waals surface area contributed by atoms with Crippen LogP contribution in [-0.2, 0) is 0 Å². The normalized spacial score (nSPS) is 28.1. The van der Waals surface area contributed by atoms with Gasteiger partial charge in [-0.1, -0.05) is 0 Å². The van der Waals surface area contributed by atoms with Gasteiger partial charge in [-0.2, -0.15) is 0 Å². The van der Waals surface area contributed by atoms with Crippen molar-refractivity contribution in [1.82, 2.24) is 10.2 Å². The van der Waals surface area contributed by atoms with Gasteiger partial charge in [0, 0.05) is 25.7 Å². The van der Waals surface area contributed by atoms with E-state index in [2.05, 4.69) is 15.1 Å². The standard InChI is InChI=1S/C18H25N3O3/c1-20-7-8-24-17-14(9-13(23-2)10-16(17)20)18(22)19-15-11-21-5-3-12(15)4-6-21/h9-10,12,15H,3-8,11H2,1-2H3,(H,19,22). The van der Waals surface area contributed by atoms with Crippen LogP contribution in [0.4, 0.5) is 5.69 Å². The number of likely N-dealkylation sites (N-methyl/N-ethyl adjacent to an activating group) is 1. The van der Waals surface area contributed by atoms with E-state index in [0.29, 0.717) is 29.6 Å². The Bertz CT molecular complexity index is 641. The maximum absolute atomic E-state index is 13.0. The van der Waals surface area contributed by atoms with Gasteiger partial charge in [0.25, 0.3) is 5.91 Å². The van der Waals surface area contributed by atoms with Gasteiger partial charge in [-0.15, -0.1) is 0 Å². The first kappa shape index (κ1) is 15.6. The van der Waals surface area contributed by atoms with Crippen LogP contribution in [0, 0.1) is 5.92 Å². The van der Waals surface area contributed by atoms with Crippen molar-refractivity contribution in [2.45, 2.75) is 18.9 Å². The van der Waals surface area contributed by atoms with Crippen molar-refractivity contribution in [2.24, 2.45) is 5.92 Å². The van der Waals surface area contributed by atoms with Crippen molar-refractivity contribution >= 4 is 11.6 Å². The molecule has 130 valence electrons. The van der Waals surface area contributed by atoms with Crippen LogP contribution >= 0.6 is 0 Å². The molecule has 6 nitrogen and oxygen atoms in total. The van der Waals surface area contributed by atoms with Crippen molar-refractivity contribution in [3.8, 4) is 11.5 Å². The number of anilines is 1. The fourth-order valence-electron chi connectivity index (χ4n) is 4.09. The fraction of sp³-hybridized carbons (Fsp3) is 0.611. The molecule has 4 aliphatic rings.